The molecular formula is C10H7F5. The fourth-order valence-electron chi connectivity index (χ4n) is 1.67. The van der Waals surface area contributed by atoms with Crippen molar-refractivity contribution >= 4 is 0 Å². The van der Waals surface area contributed by atoms with Crippen LogP contribution in [0.25, 0.3) is 0 Å². The zero-order valence-electron chi connectivity index (χ0n) is 7.48. The molecule has 5 heteroatoms. The van der Waals surface area contributed by atoms with E-state index in [-0.39, 0.29) is 5.56 Å². The van der Waals surface area contributed by atoms with E-state index in [1.165, 1.54) is 0 Å². The average molecular weight is 222 g/mol. The number of hydrogen-bond acceptors (Lipinski definition) is 0. The predicted molar refractivity (Wildman–Crippen MR) is 43.7 cm³/mol. The summed E-state index contributed by atoms with van der Waals surface area (Å²) in [7, 11) is 0. The Hall–Kier alpha value is -1.13. The molecule has 1 saturated carbocycles. The second-order valence-corrected chi connectivity index (χ2v) is 3.64. The smallest absolute Gasteiger partial charge is 0.207 e. The van der Waals surface area contributed by atoms with E-state index >= 15 is 0 Å². The zero-order chi connectivity index (χ0) is 11.3. The Morgan fingerprint density at radius 1 is 1.00 bits per heavy atom. The van der Waals surface area contributed by atoms with Gasteiger partial charge in [-0.1, -0.05) is 12.1 Å². The first-order valence-electron chi connectivity index (χ1n) is 4.36. The Balaban J connectivity index is 2.25. The molecule has 0 spiro atoms. The first kappa shape index (κ1) is 10.4. The van der Waals surface area contributed by atoms with Crippen LogP contribution in [0.3, 0.4) is 0 Å². The van der Waals surface area contributed by atoms with Crippen LogP contribution in [-0.2, 0) is 0 Å². The Bertz CT molecular complexity index is 368. The van der Waals surface area contributed by atoms with Crippen LogP contribution >= 0.6 is 0 Å². The molecule has 1 aliphatic carbocycles. The maximum Gasteiger partial charge on any atom is 0.317 e. The maximum atomic E-state index is 12.9. The van der Waals surface area contributed by atoms with Crippen LogP contribution in [0.4, 0.5) is 22.0 Å². The SMILES string of the molecule is Fc1ccc([C@@H]2CC(F)(F)C2(F)F)cc1. The zero-order valence-corrected chi connectivity index (χ0v) is 7.48. The summed E-state index contributed by atoms with van der Waals surface area (Å²) >= 11 is 0. The van der Waals surface area contributed by atoms with Gasteiger partial charge in [0.05, 0.1) is 5.92 Å². The molecule has 15 heavy (non-hydrogen) atoms. The number of rotatable bonds is 1. The summed E-state index contributed by atoms with van der Waals surface area (Å²) in [5.41, 5.74) is 0.0484. The highest BCUT2D eigenvalue weighted by Gasteiger charge is 2.71. The minimum absolute atomic E-state index is 0.0484. The molecule has 1 fully saturated rings. The van der Waals surface area contributed by atoms with Crippen molar-refractivity contribution in [3.05, 3.63) is 35.6 Å². The average Bonchev–Trinajstić information content (AvgIpc) is 2.16. The molecule has 0 unspecified atom stereocenters. The van der Waals surface area contributed by atoms with E-state index in [0.29, 0.717) is 0 Å². The van der Waals surface area contributed by atoms with Gasteiger partial charge in [0.1, 0.15) is 5.82 Å². The van der Waals surface area contributed by atoms with E-state index in [2.05, 4.69) is 0 Å². The molecule has 0 saturated heterocycles. The topological polar surface area (TPSA) is 0 Å². The van der Waals surface area contributed by atoms with Gasteiger partial charge in [0.15, 0.2) is 0 Å². The Morgan fingerprint density at radius 2 is 1.53 bits per heavy atom. The van der Waals surface area contributed by atoms with Gasteiger partial charge in [0.2, 0.25) is 0 Å². The second-order valence-electron chi connectivity index (χ2n) is 3.64. The molecule has 0 bridgehead atoms. The fourth-order valence-corrected chi connectivity index (χ4v) is 1.67. The molecule has 1 atom stereocenters. The summed E-state index contributed by atoms with van der Waals surface area (Å²) in [5.74, 6) is -10.0. The van der Waals surface area contributed by atoms with Crippen molar-refractivity contribution in [1.82, 2.24) is 0 Å². The van der Waals surface area contributed by atoms with E-state index in [1.807, 2.05) is 0 Å². The van der Waals surface area contributed by atoms with E-state index in [4.69, 9.17) is 0 Å². The summed E-state index contributed by atoms with van der Waals surface area (Å²) < 4.78 is 63.3. The van der Waals surface area contributed by atoms with Crippen molar-refractivity contribution < 1.29 is 22.0 Å². The minimum atomic E-state index is -4.02. The van der Waals surface area contributed by atoms with Crippen LogP contribution in [0.2, 0.25) is 0 Å². The fraction of sp³-hybridized carbons (Fsp3) is 0.400. The number of alkyl halides is 4. The van der Waals surface area contributed by atoms with E-state index < -0.39 is 30.0 Å². The van der Waals surface area contributed by atoms with Crippen molar-refractivity contribution in [1.29, 1.82) is 0 Å². The van der Waals surface area contributed by atoms with Crippen LogP contribution in [0.5, 0.6) is 0 Å². The quantitative estimate of drug-likeness (QED) is 0.637. The van der Waals surface area contributed by atoms with Gasteiger partial charge in [0.25, 0.3) is 0 Å². The summed E-state index contributed by atoms with van der Waals surface area (Å²) in [6.45, 7) is 0. The van der Waals surface area contributed by atoms with E-state index in [0.717, 1.165) is 24.3 Å². The molecule has 0 aliphatic heterocycles. The lowest BCUT2D eigenvalue weighted by Gasteiger charge is -2.44. The van der Waals surface area contributed by atoms with Crippen LogP contribution < -0.4 is 0 Å². The Labute approximate surface area is 82.7 Å². The summed E-state index contributed by atoms with van der Waals surface area (Å²) in [6.07, 6.45) is -0.883. The molecule has 1 aromatic rings. The first-order valence-corrected chi connectivity index (χ1v) is 4.36. The molecule has 0 aromatic heterocycles. The highest BCUT2D eigenvalue weighted by molar-refractivity contribution is 5.28. The standard InChI is InChI=1S/C10H7F5/c11-7-3-1-6(2-4-7)8-5-9(12,13)10(8,14)15/h1-4,8H,5H2/t8-/m0/s1. The Morgan fingerprint density at radius 3 is 1.93 bits per heavy atom. The molecule has 0 amide bonds. The van der Waals surface area contributed by atoms with Gasteiger partial charge in [-0.05, 0) is 17.7 Å². The normalized spacial score (nSPS) is 27.1. The Kier molecular flexibility index (Phi) is 2.03. The molecule has 0 radical (unpaired) electrons. The van der Waals surface area contributed by atoms with E-state index in [9.17, 15) is 22.0 Å². The maximum absolute atomic E-state index is 12.9. The molecule has 82 valence electrons. The van der Waals surface area contributed by atoms with Crippen molar-refractivity contribution in [2.45, 2.75) is 24.2 Å². The monoisotopic (exact) mass is 222 g/mol. The third kappa shape index (κ3) is 1.41. The lowest BCUT2D eigenvalue weighted by Crippen LogP contribution is -2.56. The predicted octanol–water partition coefficient (Wildman–Crippen LogP) is 3.58. The van der Waals surface area contributed by atoms with E-state index in [1.54, 1.807) is 0 Å². The minimum Gasteiger partial charge on any atom is -0.207 e. The number of benzene rings is 1. The summed E-state index contributed by atoms with van der Waals surface area (Å²) in [6, 6.07) is 4.20. The highest BCUT2D eigenvalue weighted by Crippen LogP contribution is 2.59. The first-order chi connectivity index (χ1) is 6.84. The third-order valence-corrected chi connectivity index (χ3v) is 2.66. The number of halogens is 5. The molecule has 0 N–H and O–H groups in total. The second kappa shape index (κ2) is 2.93. The van der Waals surface area contributed by atoms with Crippen LogP contribution in [0.15, 0.2) is 24.3 Å². The van der Waals surface area contributed by atoms with Crippen LogP contribution in [0, 0.1) is 5.82 Å². The molecule has 0 nitrogen and oxygen atoms in total. The van der Waals surface area contributed by atoms with Gasteiger partial charge >= 0.3 is 11.8 Å². The molecule has 1 aromatic carbocycles. The highest BCUT2D eigenvalue weighted by atomic mass is 19.3. The largest absolute Gasteiger partial charge is 0.317 e. The van der Waals surface area contributed by atoms with Crippen molar-refractivity contribution in [3.8, 4) is 0 Å². The lowest BCUT2D eigenvalue weighted by atomic mass is 9.73. The van der Waals surface area contributed by atoms with Crippen molar-refractivity contribution in [3.63, 3.8) is 0 Å². The van der Waals surface area contributed by atoms with Gasteiger partial charge in [-0.25, -0.2) is 4.39 Å². The third-order valence-electron chi connectivity index (χ3n) is 2.66. The summed E-state index contributed by atoms with van der Waals surface area (Å²) in [4.78, 5) is 0. The lowest BCUT2D eigenvalue weighted by molar-refractivity contribution is -0.290. The van der Waals surface area contributed by atoms with Crippen molar-refractivity contribution in [2.24, 2.45) is 0 Å². The van der Waals surface area contributed by atoms with Crippen LogP contribution in [0.1, 0.15) is 17.9 Å². The van der Waals surface area contributed by atoms with Crippen molar-refractivity contribution in [2.75, 3.05) is 0 Å². The van der Waals surface area contributed by atoms with Gasteiger partial charge in [0, 0.05) is 6.42 Å². The summed E-state index contributed by atoms with van der Waals surface area (Å²) in [5, 5.41) is 0. The van der Waals surface area contributed by atoms with Gasteiger partial charge in [-0.3, -0.25) is 0 Å². The van der Waals surface area contributed by atoms with Gasteiger partial charge in [-0.15, -0.1) is 0 Å². The molecule has 2 rings (SSSR count). The van der Waals surface area contributed by atoms with Crippen LogP contribution in [-0.4, -0.2) is 11.8 Å². The number of hydrogen-bond donors (Lipinski definition) is 0. The molecular weight excluding hydrogens is 215 g/mol. The molecule has 1 aliphatic rings. The van der Waals surface area contributed by atoms with Gasteiger partial charge < -0.3 is 0 Å². The van der Waals surface area contributed by atoms with Gasteiger partial charge in [-0.2, -0.15) is 17.6 Å². The molecule has 0 heterocycles.